The summed E-state index contributed by atoms with van der Waals surface area (Å²) in [5, 5.41) is 3.72. The summed E-state index contributed by atoms with van der Waals surface area (Å²) in [5.41, 5.74) is 6.37. The molecule has 6 nitrogen and oxygen atoms in total. The van der Waals surface area contributed by atoms with Gasteiger partial charge in [0.2, 0.25) is 5.91 Å². The minimum absolute atomic E-state index is 0.0327. The molecule has 0 spiro atoms. The smallest absolute Gasteiger partial charge is 0.230 e. The molecular formula is C24H24N4O2S. The van der Waals surface area contributed by atoms with Crippen molar-refractivity contribution in [1.82, 2.24) is 20.3 Å². The van der Waals surface area contributed by atoms with Crippen LogP contribution < -0.4 is 10.1 Å². The van der Waals surface area contributed by atoms with Gasteiger partial charge in [-0.1, -0.05) is 23.9 Å². The number of nitrogens with zero attached hydrogens (tertiary/aromatic N) is 2. The number of fused-ring (bicyclic) bond motifs is 1. The van der Waals surface area contributed by atoms with Gasteiger partial charge in [0.1, 0.15) is 11.6 Å². The zero-order valence-electron chi connectivity index (χ0n) is 17.7. The third-order valence-electron chi connectivity index (χ3n) is 5.11. The molecule has 1 amide bonds. The molecule has 158 valence electrons. The van der Waals surface area contributed by atoms with E-state index in [0.717, 1.165) is 38.8 Å². The lowest BCUT2D eigenvalue weighted by Gasteiger charge is -2.06. The van der Waals surface area contributed by atoms with Crippen LogP contribution in [-0.2, 0) is 11.3 Å². The SMILES string of the molecule is COc1ccc(CNC(=O)CSc2ccc(-c3nc4cc(C)c(C)cc4[nH]3)cn2)cc1. The Labute approximate surface area is 185 Å². The number of imidazole rings is 1. The Kier molecular flexibility index (Phi) is 6.23. The van der Waals surface area contributed by atoms with E-state index in [-0.39, 0.29) is 5.91 Å². The second-order valence-electron chi connectivity index (χ2n) is 7.34. The van der Waals surface area contributed by atoms with Gasteiger partial charge in [0.15, 0.2) is 0 Å². The molecule has 0 saturated carbocycles. The molecule has 0 saturated heterocycles. The van der Waals surface area contributed by atoms with E-state index in [0.29, 0.717) is 12.3 Å². The van der Waals surface area contributed by atoms with Crippen LogP contribution in [0.1, 0.15) is 16.7 Å². The van der Waals surface area contributed by atoms with Crippen LogP contribution in [0.4, 0.5) is 0 Å². The molecule has 0 fully saturated rings. The number of hydrogen-bond donors (Lipinski definition) is 2. The van der Waals surface area contributed by atoms with Gasteiger partial charge >= 0.3 is 0 Å². The van der Waals surface area contributed by atoms with Gasteiger partial charge in [0.25, 0.3) is 0 Å². The van der Waals surface area contributed by atoms with E-state index >= 15 is 0 Å². The molecule has 7 heteroatoms. The zero-order valence-corrected chi connectivity index (χ0v) is 18.5. The van der Waals surface area contributed by atoms with Crippen molar-refractivity contribution in [3.8, 4) is 17.1 Å². The normalized spacial score (nSPS) is 10.9. The van der Waals surface area contributed by atoms with Gasteiger partial charge in [-0.05, 0) is 66.9 Å². The fourth-order valence-corrected chi connectivity index (χ4v) is 3.82. The van der Waals surface area contributed by atoms with Crippen molar-refractivity contribution in [2.45, 2.75) is 25.4 Å². The van der Waals surface area contributed by atoms with Gasteiger partial charge < -0.3 is 15.0 Å². The molecule has 4 rings (SSSR count). The van der Waals surface area contributed by atoms with E-state index < -0.39 is 0 Å². The van der Waals surface area contributed by atoms with Crippen molar-refractivity contribution in [1.29, 1.82) is 0 Å². The monoisotopic (exact) mass is 432 g/mol. The van der Waals surface area contributed by atoms with E-state index in [1.54, 1.807) is 13.3 Å². The molecule has 4 aromatic rings. The number of rotatable bonds is 7. The van der Waals surface area contributed by atoms with Gasteiger partial charge in [-0.3, -0.25) is 4.79 Å². The molecule has 2 aromatic heterocycles. The van der Waals surface area contributed by atoms with Crippen LogP contribution >= 0.6 is 11.8 Å². The summed E-state index contributed by atoms with van der Waals surface area (Å²) in [5.74, 6) is 1.87. The first kappa shape index (κ1) is 20.9. The van der Waals surface area contributed by atoms with Crippen LogP contribution in [-0.4, -0.2) is 33.7 Å². The Hall–Kier alpha value is -3.32. The Balaban J connectivity index is 1.32. The Morgan fingerprint density at radius 2 is 1.87 bits per heavy atom. The van der Waals surface area contributed by atoms with Crippen molar-refractivity contribution < 1.29 is 9.53 Å². The van der Waals surface area contributed by atoms with Crippen LogP contribution in [0.3, 0.4) is 0 Å². The first-order valence-corrected chi connectivity index (χ1v) is 11.0. The molecule has 2 aromatic carbocycles. The molecule has 0 bridgehead atoms. The minimum atomic E-state index is -0.0327. The predicted octanol–water partition coefficient (Wildman–Crippen LogP) is 4.66. The highest BCUT2D eigenvalue weighted by molar-refractivity contribution is 7.99. The zero-order chi connectivity index (χ0) is 21.8. The molecule has 2 N–H and O–H groups in total. The number of nitrogens with one attached hydrogen (secondary N) is 2. The highest BCUT2D eigenvalue weighted by Gasteiger charge is 2.09. The number of methoxy groups -OCH3 is 1. The second kappa shape index (κ2) is 9.22. The number of hydrogen-bond acceptors (Lipinski definition) is 5. The van der Waals surface area contributed by atoms with Crippen molar-refractivity contribution in [3.05, 3.63) is 71.4 Å². The van der Waals surface area contributed by atoms with Crippen molar-refractivity contribution >= 4 is 28.7 Å². The van der Waals surface area contributed by atoms with Gasteiger partial charge in [-0.2, -0.15) is 0 Å². The lowest BCUT2D eigenvalue weighted by Crippen LogP contribution is -2.24. The quantitative estimate of drug-likeness (QED) is 0.415. The Bertz CT molecular complexity index is 1160. The summed E-state index contributed by atoms with van der Waals surface area (Å²) in [6, 6.07) is 15.7. The topological polar surface area (TPSA) is 79.9 Å². The Morgan fingerprint density at radius 3 is 2.58 bits per heavy atom. The molecule has 31 heavy (non-hydrogen) atoms. The third-order valence-corrected chi connectivity index (χ3v) is 6.05. The number of carbonyl (C=O) groups excluding carboxylic acids is 1. The molecule has 2 heterocycles. The summed E-state index contributed by atoms with van der Waals surface area (Å²) >= 11 is 1.41. The average molecular weight is 433 g/mol. The van der Waals surface area contributed by atoms with Crippen molar-refractivity contribution in [2.24, 2.45) is 0 Å². The number of pyridine rings is 1. The number of thioether (sulfide) groups is 1. The number of H-pyrrole nitrogens is 1. The minimum Gasteiger partial charge on any atom is -0.497 e. The van der Waals surface area contributed by atoms with E-state index in [1.807, 2.05) is 36.4 Å². The maximum atomic E-state index is 12.2. The summed E-state index contributed by atoms with van der Waals surface area (Å²) in [6.45, 7) is 4.67. The van der Waals surface area contributed by atoms with E-state index in [1.165, 1.54) is 22.9 Å². The molecular weight excluding hydrogens is 408 g/mol. The number of aromatic nitrogens is 3. The van der Waals surface area contributed by atoms with Gasteiger partial charge in [0.05, 0.1) is 28.9 Å². The number of aromatic amines is 1. The second-order valence-corrected chi connectivity index (χ2v) is 8.33. The summed E-state index contributed by atoms with van der Waals surface area (Å²) in [4.78, 5) is 24.7. The molecule has 0 aliphatic rings. The molecule has 0 aliphatic carbocycles. The van der Waals surface area contributed by atoms with Crippen LogP contribution in [0.15, 0.2) is 59.8 Å². The maximum Gasteiger partial charge on any atom is 0.230 e. The van der Waals surface area contributed by atoms with E-state index in [2.05, 4.69) is 46.2 Å². The van der Waals surface area contributed by atoms with Crippen LogP contribution in [0, 0.1) is 13.8 Å². The standard InChI is InChI=1S/C24H24N4O2S/c1-15-10-20-21(11-16(15)2)28-24(27-20)18-6-9-23(26-13-18)31-14-22(29)25-12-17-4-7-19(30-3)8-5-17/h4-11,13H,12,14H2,1-3H3,(H,25,29)(H,27,28). The number of aryl methyl sites for hydroxylation is 2. The lowest BCUT2D eigenvalue weighted by molar-refractivity contribution is -0.118. The van der Waals surface area contributed by atoms with Crippen molar-refractivity contribution in [3.63, 3.8) is 0 Å². The van der Waals surface area contributed by atoms with E-state index in [9.17, 15) is 4.79 Å². The first-order valence-electron chi connectivity index (χ1n) is 9.97. The van der Waals surface area contributed by atoms with Crippen molar-refractivity contribution in [2.75, 3.05) is 12.9 Å². The number of carbonyl (C=O) groups is 1. The largest absolute Gasteiger partial charge is 0.497 e. The molecule has 0 radical (unpaired) electrons. The van der Waals surface area contributed by atoms with Crippen LogP contribution in [0.2, 0.25) is 0 Å². The highest BCUT2D eigenvalue weighted by atomic mass is 32.2. The fourth-order valence-electron chi connectivity index (χ4n) is 3.15. The van der Waals surface area contributed by atoms with Crippen LogP contribution in [0.25, 0.3) is 22.4 Å². The van der Waals surface area contributed by atoms with Gasteiger partial charge in [0, 0.05) is 18.3 Å². The number of amides is 1. The van der Waals surface area contributed by atoms with Crippen LogP contribution in [0.5, 0.6) is 5.75 Å². The number of benzene rings is 2. The van der Waals surface area contributed by atoms with E-state index in [4.69, 9.17) is 4.74 Å². The average Bonchev–Trinajstić information content (AvgIpc) is 3.20. The molecule has 0 atom stereocenters. The van der Waals surface area contributed by atoms with Gasteiger partial charge in [-0.15, -0.1) is 0 Å². The molecule has 0 aliphatic heterocycles. The third kappa shape index (κ3) is 5.06. The van der Waals surface area contributed by atoms with Gasteiger partial charge in [-0.25, -0.2) is 9.97 Å². The Morgan fingerprint density at radius 1 is 1.10 bits per heavy atom. The summed E-state index contributed by atoms with van der Waals surface area (Å²) in [6.07, 6.45) is 1.79. The maximum absolute atomic E-state index is 12.2. The number of ether oxygens (including phenoxy) is 1. The predicted molar refractivity (Wildman–Crippen MR) is 124 cm³/mol. The summed E-state index contributed by atoms with van der Waals surface area (Å²) in [7, 11) is 1.63. The lowest BCUT2D eigenvalue weighted by atomic mass is 10.1. The molecule has 0 unspecified atom stereocenters. The highest BCUT2D eigenvalue weighted by Crippen LogP contribution is 2.24. The first-order chi connectivity index (χ1) is 15.0. The summed E-state index contributed by atoms with van der Waals surface area (Å²) < 4.78 is 5.14. The fraction of sp³-hybridized carbons (Fsp3) is 0.208.